The van der Waals surface area contributed by atoms with Crippen molar-refractivity contribution in [1.29, 1.82) is 0 Å². The van der Waals surface area contributed by atoms with Gasteiger partial charge in [-0.15, -0.1) is 5.10 Å². The number of benzene rings is 1. The largest absolute Gasteiger partial charge is 0.482 e. The smallest absolute Gasteiger partial charge is 0.407 e. The summed E-state index contributed by atoms with van der Waals surface area (Å²) < 4.78 is 13.9. The summed E-state index contributed by atoms with van der Waals surface area (Å²) in [5.74, 6) is 0.788. The van der Waals surface area contributed by atoms with Crippen LogP contribution in [0.5, 0.6) is 5.75 Å². The normalized spacial score (nSPS) is 15.9. The summed E-state index contributed by atoms with van der Waals surface area (Å²) in [6.07, 6.45) is -0.0157. The third kappa shape index (κ3) is 4.99. The Kier molecular flexibility index (Phi) is 6.56. The number of aromatic nitrogens is 3. The van der Waals surface area contributed by atoms with Crippen LogP contribution in [0.4, 0.5) is 4.79 Å². The molecule has 1 aliphatic rings. The molecule has 0 bridgehead atoms. The number of rotatable bonds is 5. The van der Waals surface area contributed by atoms with Gasteiger partial charge in [-0.1, -0.05) is 32.7 Å². The zero-order chi connectivity index (χ0) is 20.5. The maximum atomic E-state index is 11.8. The number of hydrogen-bond donors (Lipinski definition) is 1. The number of ether oxygens (including phenoxy) is 2. The number of alkyl carbamates (subject to hydrolysis) is 1. The van der Waals surface area contributed by atoms with Crippen LogP contribution in [0.15, 0.2) is 16.6 Å². The molecule has 0 aliphatic carbocycles. The molecule has 0 radical (unpaired) electrons. The maximum Gasteiger partial charge on any atom is 0.407 e. The molecule has 1 aromatic carbocycles. The Labute approximate surface area is 185 Å². The van der Waals surface area contributed by atoms with Crippen molar-refractivity contribution in [1.82, 2.24) is 20.3 Å². The topological polar surface area (TPSA) is 78.3 Å². The van der Waals surface area contributed by atoms with Crippen LogP contribution in [0.25, 0.3) is 0 Å². The lowest BCUT2D eigenvalue weighted by Crippen LogP contribution is -2.34. The summed E-state index contributed by atoms with van der Waals surface area (Å²) in [7, 11) is 0. The van der Waals surface area contributed by atoms with Crippen LogP contribution in [0.1, 0.15) is 43.8 Å². The first-order valence-corrected chi connectivity index (χ1v) is 11.1. The van der Waals surface area contributed by atoms with Gasteiger partial charge in [0.15, 0.2) is 0 Å². The first-order valence-electron chi connectivity index (χ1n) is 8.77. The van der Waals surface area contributed by atoms with Crippen LogP contribution in [0, 0.1) is 0 Å². The number of fused-ring (bicyclic) bond motifs is 1. The van der Waals surface area contributed by atoms with E-state index < -0.39 is 11.7 Å². The van der Waals surface area contributed by atoms with E-state index in [1.165, 1.54) is 0 Å². The molecule has 1 atom stereocenters. The van der Waals surface area contributed by atoms with Crippen LogP contribution in [-0.4, -0.2) is 33.2 Å². The Morgan fingerprint density at radius 1 is 1.46 bits per heavy atom. The van der Waals surface area contributed by atoms with E-state index in [1.54, 1.807) is 4.68 Å². The fourth-order valence-corrected chi connectivity index (χ4v) is 4.47. The summed E-state index contributed by atoms with van der Waals surface area (Å²) in [4.78, 5) is 11.8. The average Bonchev–Trinajstić information content (AvgIpc) is 3.16. The molecule has 3 rings (SSSR count). The maximum absolute atomic E-state index is 11.8. The SMILES string of the molecule is CC(C)(C)OC(=O)NCCn1nnc(C2Cc3cc(Cl)cc(Br)c3O2)c1CBr. The molecule has 152 valence electrons. The summed E-state index contributed by atoms with van der Waals surface area (Å²) in [6, 6.07) is 3.72. The quantitative estimate of drug-likeness (QED) is 0.556. The second-order valence-corrected chi connectivity index (χ2v) is 9.24. The molecule has 2 aromatic rings. The minimum atomic E-state index is -0.530. The molecule has 28 heavy (non-hydrogen) atoms. The molecule has 0 fully saturated rings. The van der Waals surface area contributed by atoms with Crippen molar-refractivity contribution in [3.8, 4) is 5.75 Å². The standard InChI is InChI=1S/C18H21Br2ClN4O3/c1-18(2,3)28-17(26)22-4-5-25-13(9-19)15(23-24-25)14-7-10-6-11(21)8-12(20)16(10)27-14/h6,8,14H,4-5,7,9H2,1-3H3,(H,22,26). The molecular weight excluding hydrogens is 515 g/mol. The Bertz CT molecular complexity index is 882. The minimum Gasteiger partial charge on any atom is -0.482 e. The molecule has 0 spiro atoms. The molecular formula is C18H21Br2ClN4O3. The number of carbonyl (C=O) groups is 1. The number of nitrogens with zero attached hydrogens (tertiary/aromatic N) is 3. The summed E-state index contributed by atoms with van der Waals surface area (Å²) >= 11 is 13.1. The Morgan fingerprint density at radius 3 is 2.89 bits per heavy atom. The van der Waals surface area contributed by atoms with Crippen LogP contribution in [0.3, 0.4) is 0 Å². The third-order valence-electron chi connectivity index (χ3n) is 4.04. The number of carbonyl (C=O) groups excluding carboxylic acids is 1. The van der Waals surface area contributed by atoms with E-state index in [9.17, 15) is 4.79 Å². The summed E-state index contributed by atoms with van der Waals surface area (Å²) in [6.45, 7) is 6.33. The molecule has 2 heterocycles. The fraction of sp³-hybridized carbons (Fsp3) is 0.500. The first kappa shape index (κ1) is 21.4. The van der Waals surface area contributed by atoms with E-state index in [-0.39, 0.29) is 6.10 Å². The van der Waals surface area contributed by atoms with Crippen molar-refractivity contribution in [3.63, 3.8) is 0 Å². The zero-order valence-electron chi connectivity index (χ0n) is 15.8. The highest BCUT2D eigenvalue weighted by Gasteiger charge is 2.31. The highest BCUT2D eigenvalue weighted by molar-refractivity contribution is 9.10. The third-order valence-corrected chi connectivity index (χ3v) is 5.38. The molecule has 10 heteroatoms. The molecule has 1 amide bonds. The average molecular weight is 537 g/mol. The molecule has 0 saturated carbocycles. The van der Waals surface area contributed by atoms with Crippen LogP contribution >= 0.6 is 43.5 Å². The van der Waals surface area contributed by atoms with Gasteiger partial charge in [0.05, 0.1) is 16.7 Å². The number of nitrogens with one attached hydrogen (secondary N) is 1. The number of amides is 1. The van der Waals surface area contributed by atoms with E-state index in [0.717, 1.165) is 27.2 Å². The Hall–Kier alpha value is -1.32. The predicted molar refractivity (Wildman–Crippen MR) is 113 cm³/mol. The van der Waals surface area contributed by atoms with Crippen LogP contribution in [-0.2, 0) is 23.0 Å². The second kappa shape index (κ2) is 8.59. The Morgan fingerprint density at radius 2 is 2.21 bits per heavy atom. The van der Waals surface area contributed by atoms with Gasteiger partial charge in [0.2, 0.25) is 0 Å². The summed E-state index contributed by atoms with van der Waals surface area (Å²) in [5, 5.41) is 12.5. The van der Waals surface area contributed by atoms with E-state index in [0.29, 0.717) is 29.9 Å². The second-order valence-electron chi connectivity index (χ2n) is 7.39. The van der Waals surface area contributed by atoms with Gasteiger partial charge in [0, 0.05) is 28.9 Å². The number of alkyl halides is 1. The highest BCUT2D eigenvalue weighted by atomic mass is 79.9. The molecule has 1 N–H and O–H groups in total. The fourth-order valence-electron chi connectivity index (χ4n) is 2.92. The van der Waals surface area contributed by atoms with Gasteiger partial charge in [-0.2, -0.15) is 0 Å². The van der Waals surface area contributed by atoms with Gasteiger partial charge in [0.25, 0.3) is 0 Å². The highest BCUT2D eigenvalue weighted by Crippen LogP contribution is 2.43. The number of halogens is 3. The van der Waals surface area contributed by atoms with E-state index in [2.05, 4.69) is 47.5 Å². The lowest BCUT2D eigenvalue weighted by Gasteiger charge is -2.19. The predicted octanol–water partition coefficient (Wildman–Crippen LogP) is 4.79. The number of hydrogen-bond acceptors (Lipinski definition) is 5. The molecule has 1 aromatic heterocycles. The summed E-state index contributed by atoms with van der Waals surface area (Å²) in [5.41, 5.74) is 2.18. The van der Waals surface area contributed by atoms with Gasteiger partial charge in [0.1, 0.15) is 23.1 Å². The van der Waals surface area contributed by atoms with Crippen molar-refractivity contribution in [2.45, 2.75) is 50.8 Å². The lowest BCUT2D eigenvalue weighted by atomic mass is 10.1. The molecule has 1 aliphatic heterocycles. The lowest BCUT2D eigenvalue weighted by molar-refractivity contribution is 0.0525. The van der Waals surface area contributed by atoms with Gasteiger partial charge in [-0.3, -0.25) is 0 Å². The van der Waals surface area contributed by atoms with Crippen molar-refractivity contribution in [2.24, 2.45) is 0 Å². The van der Waals surface area contributed by atoms with Crippen molar-refractivity contribution in [2.75, 3.05) is 6.54 Å². The Balaban J connectivity index is 1.66. The zero-order valence-corrected chi connectivity index (χ0v) is 19.7. The van der Waals surface area contributed by atoms with Crippen molar-refractivity contribution in [3.05, 3.63) is 38.6 Å². The van der Waals surface area contributed by atoms with E-state index in [1.807, 2.05) is 32.9 Å². The molecule has 1 unspecified atom stereocenters. The van der Waals surface area contributed by atoms with Gasteiger partial charge < -0.3 is 14.8 Å². The van der Waals surface area contributed by atoms with Crippen molar-refractivity contribution >= 4 is 49.6 Å². The molecule has 7 nitrogen and oxygen atoms in total. The van der Waals surface area contributed by atoms with E-state index in [4.69, 9.17) is 21.1 Å². The monoisotopic (exact) mass is 534 g/mol. The van der Waals surface area contributed by atoms with Crippen molar-refractivity contribution < 1.29 is 14.3 Å². The van der Waals surface area contributed by atoms with Gasteiger partial charge >= 0.3 is 6.09 Å². The van der Waals surface area contributed by atoms with Crippen LogP contribution in [0.2, 0.25) is 5.02 Å². The minimum absolute atomic E-state index is 0.232. The van der Waals surface area contributed by atoms with Crippen LogP contribution < -0.4 is 10.1 Å². The van der Waals surface area contributed by atoms with Gasteiger partial charge in [-0.25, -0.2) is 9.48 Å². The molecule has 0 saturated heterocycles. The first-order chi connectivity index (χ1) is 13.2. The van der Waals surface area contributed by atoms with Gasteiger partial charge in [-0.05, 0) is 48.8 Å². The van der Waals surface area contributed by atoms with E-state index >= 15 is 0 Å².